The Balaban J connectivity index is 1.59. The normalized spacial score (nSPS) is 13.2. The average molecular weight is 307 g/mol. The molecule has 1 aromatic heterocycles. The molecule has 0 N–H and O–H groups in total. The molecule has 1 aromatic carbocycles. The van der Waals surface area contributed by atoms with E-state index in [1.54, 1.807) is 23.8 Å². The van der Waals surface area contributed by atoms with Crippen LogP contribution in [0, 0.1) is 0 Å². The van der Waals surface area contributed by atoms with E-state index < -0.39 is 0 Å². The van der Waals surface area contributed by atoms with Crippen molar-refractivity contribution in [3.8, 4) is 0 Å². The first-order chi connectivity index (χ1) is 9.72. The van der Waals surface area contributed by atoms with Gasteiger partial charge in [0.25, 0.3) is 0 Å². The molecular formula is C14H11ClN2O2S. The second-order valence-corrected chi connectivity index (χ2v) is 5.66. The highest BCUT2D eigenvalue weighted by atomic mass is 35.5. The first-order valence-electron chi connectivity index (χ1n) is 6.01. The molecular weight excluding hydrogens is 296 g/mol. The molecule has 20 heavy (non-hydrogen) atoms. The van der Waals surface area contributed by atoms with Gasteiger partial charge < -0.3 is 4.74 Å². The van der Waals surface area contributed by atoms with Crippen molar-refractivity contribution < 1.29 is 9.53 Å². The molecule has 1 aliphatic heterocycles. The maximum absolute atomic E-state index is 12.0. The largest absolute Gasteiger partial charge is 0.444 e. The number of carbonyl (C=O) groups is 1. The maximum atomic E-state index is 12.0. The van der Waals surface area contributed by atoms with Crippen molar-refractivity contribution in [2.45, 2.75) is 13.2 Å². The van der Waals surface area contributed by atoms with Gasteiger partial charge in [-0.25, -0.2) is 9.78 Å². The van der Waals surface area contributed by atoms with Gasteiger partial charge in [0.1, 0.15) is 6.61 Å². The number of fused-ring (bicyclic) bond motifs is 1. The summed E-state index contributed by atoms with van der Waals surface area (Å²) in [6.45, 7) is 0.742. The van der Waals surface area contributed by atoms with E-state index in [1.807, 2.05) is 18.2 Å². The van der Waals surface area contributed by atoms with Gasteiger partial charge in [-0.2, -0.15) is 0 Å². The van der Waals surface area contributed by atoms with Gasteiger partial charge in [-0.3, -0.25) is 4.90 Å². The lowest BCUT2D eigenvalue weighted by Gasteiger charge is -2.20. The molecule has 0 unspecified atom stereocenters. The van der Waals surface area contributed by atoms with E-state index in [2.05, 4.69) is 4.98 Å². The minimum atomic E-state index is -0.366. The zero-order valence-electron chi connectivity index (χ0n) is 10.5. The number of amides is 1. The summed E-state index contributed by atoms with van der Waals surface area (Å²) < 4.78 is 5.28. The Labute approximate surface area is 125 Å². The van der Waals surface area contributed by atoms with E-state index >= 15 is 0 Å². The smallest absolute Gasteiger partial charge is 0.414 e. The fourth-order valence-electron chi connectivity index (χ4n) is 1.84. The zero-order chi connectivity index (χ0) is 13.9. The van der Waals surface area contributed by atoms with E-state index in [4.69, 9.17) is 16.3 Å². The Morgan fingerprint density at radius 3 is 3.00 bits per heavy atom. The Morgan fingerprint density at radius 2 is 2.20 bits per heavy atom. The van der Waals surface area contributed by atoms with Crippen molar-refractivity contribution in [1.29, 1.82) is 0 Å². The number of rotatable bonds is 2. The number of benzene rings is 1. The van der Waals surface area contributed by atoms with E-state index in [0.29, 0.717) is 11.6 Å². The highest BCUT2D eigenvalue weighted by molar-refractivity contribution is 7.09. The summed E-state index contributed by atoms with van der Waals surface area (Å²) in [5.74, 6) is 0. The third-order valence-corrected chi connectivity index (χ3v) is 3.99. The molecule has 0 saturated heterocycles. The lowest BCUT2D eigenvalue weighted by molar-refractivity contribution is 0.109. The van der Waals surface area contributed by atoms with Gasteiger partial charge in [0.05, 0.1) is 22.6 Å². The van der Waals surface area contributed by atoms with Crippen LogP contribution < -0.4 is 0 Å². The standard InChI is InChI=1S/C14H11ClN2O2S/c15-11-3-1-10(2-4-11)8-19-14(18)17-6-5-12-13(7-17)20-9-16-12/h1-6,9H,7-8H2. The van der Waals surface area contributed by atoms with Gasteiger partial charge in [-0.05, 0) is 23.8 Å². The predicted molar refractivity (Wildman–Crippen MR) is 78.3 cm³/mol. The summed E-state index contributed by atoms with van der Waals surface area (Å²) >= 11 is 7.34. The number of hydrogen-bond acceptors (Lipinski definition) is 4. The summed E-state index contributed by atoms with van der Waals surface area (Å²) in [5, 5.41) is 0.664. The van der Waals surface area contributed by atoms with Crippen LogP contribution in [0.25, 0.3) is 6.08 Å². The maximum Gasteiger partial charge on any atom is 0.414 e. The quantitative estimate of drug-likeness (QED) is 0.844. The van der Waals surface area contributed by atoms with E-state index in [1.165, 1.54) is 16.2 Å². The minimum Gasteiger partial charge on any atom is -0.444 e. The third-order valence-electron chi connectivity index (χ3n) is 2.91. The third kappa shape index (κ3) is 2.84. The van der Waals surface area contributed by atoms with Crippen LogP contribution in [0.5, 0.6) is 0 Å². The molecule has 0 radical (unpaired) electrons. The molecule has 2 heterocycles. The Morgan fingerprint density at radius 1 is 1.40 bits per heavy atom. The lowest BCUT2D eigenvalue weighted by Crippen LogP contribution is -2.27. The van der Waals surface area contributed by atoms with Crippen molar-refractivity contribution in [1.82, 2.24) is 9.88 Å². The summed E-state index contributed by atoms with van der Waals surface area (Å²) in [7, 11) is 0. The Hall–Kier alpha value is -1.85. The number of ether oxygens (including phenoxy) is 1. The molecule has 1 aliphatic rings. The molecule has 0 spiro atoms. The van der Waals surface area contributed by atoms with Crippen LogP contribution in [-0.2, 0) is 17.9 Å². The number of nitrogens with zero attached hydrogens (tertiary/aromatic N) is 2. The first-order valence-corrected chi connectivity index (χ1v) is 7.26. The molecule has 2 aromatic rings. The number of hydrogen-bond donors (Lipinski definition) is 0. The van der Waals surface area contributed by atoms with E-state index in [9.17, 15) is 4.79 Å². The molecule has 102 valence electrons. The Kier molecular flexibility index (Phi) is 3.71. The van der Waals surface area contributed by atoms with Crippen LogP contribution in [-0.4, -0.2) is 16.0 Å². The topological polar surface area (TPSA) is 42.4 Å². The van der Waals surface area contributed by atoms with Crippen LogP contribution in [0.3, 0.4) is 0 Å². The number of carbonyl (C=O) groups excluding carboxylic acids is 1. The number of thiazole rings is 1. The van der Waals surface area contributed by atoms with Gasteiger partial charge in [-0.15, -0.1) is 11.3 Å². The summed E-state index contributed by atoms with van der Waals surface area (Å²) in [6, 6.07) is 7.22. The number of aromatic nitrogens is 1. The summed E-state index contributed by atoms with van der Waals surface area (Å²) in [6.07, 6.45) is 3.15. The second-order valence-electron chi connectivity index (χ2n) is 4.29. The minimum absolute atomic E-state index is 0.232. The summed E-state index contributed by atoms with van der Waals surface area (Å²) in [4.78, 5) is 18.8. The van der Waals surface area contributed by atoms with Crippen LogP contribution in [0.1, 0.15) is 16.1 Å². The van der Waals surface area contributed by atoms with Crippen molar-refractivity contribution in [3.63, 3.8) is 0 Å². The lowest BCUT2D eigenvalue weighted by atomic mass is 10.2. The Bertz CT molecular complexity index is 651. The average Bonchev–Trinajstić information content (AvgIpc) is 2.93. The van der Waals surface area contributed by atoms with Crippen LogP contribution >= 0.6 is 22.9 Å². The van der Waals surface area contributed by atoms with E-state index in [-0.39, 0.29) is 12.7 Å². The monoisotopic (exact) mass is 306 g/mol. The molecule has 1 amide bonds. The molecule has 0 fully saturated rings. The molecule has 0 bridgehead atoms. The highest BCUT2D eigenvalue weighted by Crippen LogP contribution is 2.22. The van der Waals surface area contributed by atoms with Gasteiger partial charge in [0, 0.05) is 11.2 Å². The second kappa shape index (κ2) is 5.64. The van der Waals surface area contributed by atoms with Crippen LogP contribution in [0.2, 0.25) is 5.02 Å². The van der Waals surface area contributed by atoms with Crippen molar-refractivity contribution in [3.05, 3.63) is 57.1 Å². The summed E-state index contributed by atoms with van der Waals surface area (Å²) in [5.41, 5.74) is 3.61. The van der Waals surface area contributed by atoms with Crippen LogP contribution in [0.15, 0.2) is 36.0 Å². The molecule has 0 atom stereocenters. The fraction of sp³-hybridized carbons (Fsp3) is 0.143. The van der Waals surface area contributed by atoms with Gasteiger partial charge in [0.2, 0.25) is 0 Å². The first kappa shape index (κ1) is 13.1. The predicted octanol–water partition coefficient (Wildman–Crippen LogP) is 3.92. The molecule has 4 nitrogen and oxygen atoms in total. The van der Waals surface area contributed by atoms with Crippen LogP contribution in [0.4, 0.5) is 4.79 Å². The van der Waals surface area contributed by atoms with Crippen molar-refractivity contribution >= 4 is 35.1 Å². The van der Waals surface area contributed by atoms with Gasteiger partial charge in [-0.1, -0.05) is 23.7 Å². The van der Waals surface area contributed by atoms with Gasteiger partial charge in [0.15, 0.2) is 0 Å². The SMILES string of the molecule is O=C(OCc1ccc(Cl)cc1)N1C=Cc2ncsc2C1. The van der Waals surface area contributed by atoms with Crippen molar-refractivity contribution in [2.75, 3.05) is 0 Å². The molecule has 6 heteroatoms. The van der Waals surface area contributed by atoms with Gasteiger partial charge >= 0.3 is 6.09 Å². The molecule has 0 aliphatic carbocycles. The van der Waals surface area contributed by atoms with E-state index in [0.717, 1.165) is 16.1 Å². The highest BCUT2D eigenvalue weighted by Gasteiger charge is 2.19. The molecule has 3 rings (SSSR count). The number of halogens is 1. The fourth-order valence-corrected chi connectivity index (χ4v) is 2.71. The van der Waals surface area contributed by atoms with Crippen molar-refractivity contribution in [2.24, 2.45) is 0 Å². The molecule has 0 saturated carbocycles. The zero-order valence-corrected chi connectivity index (χ0v) is 12.0.